The SMILES string of the molecule is COc1cccc(N(C(=O)Cn2nnc(-c3ccc(F)cc3)n2)[C@@H](C(=O)NC(C)(C)C)c2cccs2)c1. The van der Waals surface area contributed by atoms with Gasteiger partial charge in [0.2, 0.25) is 11.7 Å². The minimum Gasteiger partial charge on any atom is -0.497 e. The number of nitrogens with one attached hydrogen (secondary N) is 1. The highest BCUT2D eigenvalue weighted by atomic mass is 32.1. The summed E-state index contributed by atoms with van der Waals surface area (Å²) in [6, 6.07) is 15.3. The Hall–Kier alpha value is -4.12. The van der Waals surface area contributed by atoms with Crippen LogP contribution in [0.25, 0.3) is 11.4 Å². The van der Waals surface area contributed by atoms with Gasteiger partial charge >= 0.3 is 0 Å². The van der Waals surface area contributed by atoms with Crippen LogP contribution in [0, 0.1) is 5.82 Å². The Kier molecular flexibility index (Phi) is 7.63. The van der Waals surface area contributed by atoms with E-state index >= 15 is 0 Å². The normalized spacial score (nSPS) is 12.1. The number of hydrogen-bond donors (Lipinski definition) is 1. The van der Waals surface area contributed by atoms with E-state index in [0.29, 0.717) is 21.9 Å². The maximum absolute atomic E-state index is 13.8. The first-order valence-electron chi connectivity index (χ1n) is 11.5. The van der Waals surface area contributed by atoms with Crippen molar-refractivity contribution < 1.29 is 18.7 Å². The minimum atomic E-state index is -0.945. The number of tetrazole rings is 1. The first kappa shape index (κ1) is 26.0. The van der Waals surface area contributed by atoms with Gasteiger partial charge in [0.05, 0.1) is 7.11 Å². The van der Waals surface area contributed by atoms with E-state index in [2.05, 4.69) is 20.7 Å². The number of thiophene rings is 1. The fourth-order valence-electron chi connectivity index (χ4n) is 3.68. The molecule has 0 saturated carbocycles. The summed E-state index contributed by atoms with van der Waals surface area (Å²) < 4.78 is 18.7. The van der Waals surface area contributed by atoms with Crippen molar-refractivity contribution in [3.8, 4) is 17.1 Å². The average Bonchev–Trinajstić information content (AvgIpc) is 3.54. The number of anilines is 1. The number of amides is 2. The molecule has 2 aromatic heterocycles. The summed E-state index contributed by atoms with van der Waals surface area (Å²) in [5.74, 6) is -0.355. The number of methoxy groups -OCH3 is 1. The van der Waals surface area contributed by atoms with E-state index in [0.717, 1.165) is 4.80 Å². The number of carbonyl (C=O) groups excluding carboxylic acids is 2. The Bertz CT molecular complexity index is 1370. The van der Waals surface area contributed by atoms with Crippen LogP contribution in [0.4, 0.5) is 10.1 Å². The maximum atomic E-state index is 13.8. The second-order valence-corrected chi connectivity index (χ2v) is 10.3. The number of benzene rings is 2. The van der Waals surface area contributed by atoms with Crippen LogP contribution in [-0.2, 0) is 16.1 Å². The molecule has 2 aromatic carbocycles. The van der Waals surface area contributed by atoms with E-state index in [9.17, 15) is 14.0 Å². The summed E-state index contributed by atoms with van der Waals surface area (Å²) in [6.07, 6.45) is 0. The van der Waals surface area contributed by atoms with Crippen LogP contribution in [0.3, 0.4) is 0 Å². The summed E-state index contributed by atoms with van der Waals surface area (Å²) in [7, 11) is 1.53. The molecule has 2 heterocycles. The summed E-state index contributed by atoms with van der Waals surface area (Å²) in [5.41, 5.74) is 0.518. The van der Waals surface area contributed by atoms with Gasteiger partial charge < -0.3 is 10.1 Å². The average molecular weight is 523 g/mol. The van der Waals surface area contributed by atoms with Crippen molar-refractivity contribution in [2.45, 2.75) is 38.9 Å². The zero-order valence-corrected chi connectivity index (χ0v) is 21.7. The lowest BCUT2D eigenvalue weighted by Gasteiger charge is -2.33. The van der Waals surface area contributed by atoms with Gasteiger partial charge in [-0.05, 0) is 73.8 Å². The van der Waals surface area contributed by atoms with Gasteiger partial charge in [0.25, 0.3) is 5.91 Å². The molecule has 0 radical (unpaired) electrons. The number of nitrogens with zero attached hydrogens (tertiary/aromatic N) is 5. The lowest BCUT2D eigenvalue weighted by Crippen LogP contribution is -2.50. The third kappa shape index (κ3) is 6.36. The molecule has 0 saturated heterocycles. The summed E-state index contributed by atoms with van der Waals surface area (Å²) in [6.45, 7) is 5.36. The molecule has 2 amide bonds. The number of rotatable bonds is 8. The molecule has 0 fully saturated rings. The molecule has 0 unspecified atom stereocenters. The Morgan fingerprint density at radius 2 is 1.89 bits per heavy atom. The second kappa shape index (κ2) is 10.9. The molecule has 1 atom stereocenters. The molecular weight excluding hydrogens is 495 g/mol. The van der Waals surface area contributed by atoms with Gasteiger partial charge in [-0.2, -0.15) is 4.80 Å². The van der Waals surface area contributed by atoms with Crippen molar-refractivity contribution in [2.75, 3.05) is 12.0 Å². The topological polar surface area (TPSA) is 102 Å². The molecule has 4 rings (SSSR count). The first-order valence-corrected chi connectivity index (χ1v) is 12.4. The molecule has 192 valence electrons. The van der Waals surface area contributed by atoms with E-state index in [1.54, 1.807) is 24.3 Å². The molecule has 11 heteroatoms. The second-order valence-electron chi connectivity index (χ2n) is 9.27. The van der Waals surface area contributed by atoms with Crippen LogP contribution in [0.2, 0.25) is 0 Å². The number of ether oxygens (including phenoxy) is 1. The number of hydrogen-bond acceptors (Lipinski definition) is 7. The van der Waals surface area contributed by atoms with Crippen molar-refractivity contribution >= 4 is 28.8 Å². The van der Waals surface area contributed by atoms with Gasteiger partial charge in [-0.25, -0.2) is 4.39 Å². The molecular formula is C26H27FN6O3S. The van der Waals surface area contributed by atoms with Gasteiger partial charge in [-0.1, -0.05) is 12.1 Å². The van der Waals surface area contributed by atoms with Crippen molar-refractivity contribution in [3.05, 3.63) is 76.7 Å². The third-order valence-electron chi connectivity index (χ3n) is 5.25. The smallest absolute Gasteiger partial charge is 0.251 e. The van der Waals surface area contributed by atoms with Crippen LogP contribution in [0.1, 0.15) is 31.7 Å². The quantitative estimate of drug-likeness (QED) is 0.371. The van der Waals surface area contributed by atoms with Crippen LogP contribution in [0.15, 0.2) is 66.0 Å². The standard InChI is InChI=1S/C26H27FN6O3S/c1-26(2,3)28-25(35)23(21-9-6-14-37-21)33(19-7-5-8-20(15-19)36-4)22(34)16-32-30-24(29-31-32)17-10-12-18(27)13-11-17/h5-15,23H,16H2,1-4H3,(H,28,35)/t23-/m1/s1. The van der Waals surface area contributed by atoms with E-state index in [-0.39, 0.29) is 24.1 Å². The van der Waals surface area contributed by atoms with Crippen molar-refractivity contribution in [1.82, 2.24) is 25.5 Å². The maximum Gasteiger partial charge on any atom is 0.251 e. The van der Waals surface area contributed by atoms with Gasteiger partial charge in [0.15, 0.2) is 0 Å². The summed E-state index contributed by atoms with van der Waals surface area (Å²) >= 11 is 1.38. The Morgan fingerprint density at radius 1 is 1.14 bits per heavy atom. The molecule has 0 aliphatic carbocycles. The van der Waals surface area contributed by atoms with Crippen molar-refractivity contribution in [1.29, 1.82) is 0 Å². The van der Waals surface area contributed by atoms with Gasteiger partial charge in [0.1, 0.15) is 24.2 Å². The fraction of sp³-hybridized carbons (Fsp3) is 0.269. The van der Waals surface area contributed by atoms with Crippen LogP contribution < -0.4 is 15.0 Å². The monoisotopic (exact) mass is 522 g/mol. The zero-order chi connectivity index (χ0) is 26.6. The predicted octanol–water partition coefficient (Wildman–Crippen LogP) is 4.24. The molecule has 4 aromatic rings. The molecule has 0 bridgehead atoms. The van der Waals surface area contributed by atoms with Crippen LogP contribution in [-0.4, -0.2) is 44.7 Å². The highest BCUT2D eigenvalue weighted by Gasteiger charge is 2.35. The molecule has 1 N–H and O–H groups in total. The van der Waals surface area contributed by atoms with Crippen LogP contribution in [0.5, 0.6) is 5.75 Å². The van der Waals surface area contributed by atoms with E-state index in [4.69, 9.17) is 4.74 Å². The predicted molar refractivity (Wildman–Crippen MR) is 139 cm³/mol. The third-order valence-corrected chi connectivity index (χ3v) is 6.17. The lowest BCUT2D eigenvalue weighted by atomic mass is 10.1. The fourth-order valence-corrected chi connectivity index (χ4v) is 4.49. The summed E-state index contributed by atoms with van der Waals surface area (Å²) in [4.78, 5) is 30.7. The van der Waals surface area contributed by atoms with Gasteiger partial charge in [0, 0.05) is 27.7 Å². The van der Waals surface area contributed by atoms with E-state index < -0.39 is 17.5 Å². The van der Waals surface area contributed by atoms with Gasteiger partial charge in [-0.3, -0.25) is 14.5 Å². The molecule has 9 nitrogen and oxygen atoms in total. The molecule has 0 spiro atoms. The molecule has 37 heavy (non-hydrogen) atoms. The zero-order valence-electron chi connectivity index (χ0n) is 20.9. The van der Waals surface area contributed by atoms with Crippen molar-refractivity contribution in [3.63, 3.8) is 0 Å². The Balaban J connectivity index is 1.72. The highest BCUT2D eigenvalue weighted by molar-refractivity contribution is 7.10. The molecule has 0 aliphatic heterocycles. The first-order chi connectivity index (χ1) is 17.6. The largest absolute Gasteiger partial charge is 0.497 e. The van der Waals surface area contributed by atoms with Crippen LogP contribution >= 0.6 is 11.3 Å². The van der Waals surface area contributed by atoms with E-state index in [1.165, 1.54) is 47.6 Å². The Morgan fingerprint density at radius 3 is 2.54 bits per heavy atom. The molecule has 0 aliphatic rings. The minimum absolute atomic E-state index is 0.251. The van der Waals surface area contributed by atoms with E-state index in [1.807, 2.05) is 38.3 Å². The summed E-state index contributed by atoms with van der Waals surface area (Å²) in [5, 5.41) is 17.1. The number of carbonyl (C=O) groups is 2. The lowest BCUT2D eigenvalue weighted by molar-refractivity contribution is -0.128. The van der Waals surface area contributed by atoms with Gasteiger partial charge in [-0.15, -0.1) is 21.5 Å². The Labute approximate surface area is 217 Å². The highest BCUT2D eigenvalue weighted by Crippen LogP contribution is 2.33. The number of halogens is 1. The number of aromatic nitrogens is 4. The van der Waals surface area contributed by atoms with Crippen molar-refractivity contribution in [2.24, 2.45) is 0 Å².